The maximum absolute atomic E-state index is 12.8. The molecule has 0 spiro atoms. The summed E-state index contributed by atoms with van der Waals surface area (Å²) in [4.78, 5) is 27.1. The molecule has 2 N–H and O–H groups in total. The molecule has 2 aromatic carbocycles. The highest BCUT2D eigenvalue weighted by atomic mass is 32.2. The van der Waals surface area contributed by atoms with E-state index in [-0.39, 0.29) is 30.2 Å². The Hall–Kier alpha value is -2.97. The van der Waals surface area contributed by atoms with Gasteiger partial charge in [-0.1, -0.05) is 31.2 Å². The fourth-order valence-electron chi connectivity index (χ4n) is 4.99. The molecule has 0 saturated carbocycles. The van der Waals surface area contributed by atoms with Gasteiger partial charge < -0.3 is 19.8 Å². The molecule has 7 nitrogen and oxygen atoms in total. The fraction of sp³-hybridized carbons (Fsp3) is 0.304. The van der Waals surface area contributed by atoms with E-state index in [0.29, 0.717) is 16.2 Å². The van der Waals surface area contributed by atoms with Crippen molar-refractivity contribution in [1.82, 2.24) is 4.90 Å². The van der Waals surface area contributed by atoms with Gasteiger partial charge in [-0.3, -0.25) is 4.79 Å². The Morgan fingerprint density at radius 3 is 2.61 bits per heavy atom. The third-order valence-electron chi connectivity index (χ3n) is 6.44. The number of nitrogens with zero attached hydrogens (tertiary/aromatic N) is 1. The molecule has 0 aromatic heterocycles. The molecule has 5 unspecified atom stereocenters. The Morgan fingerprint density at radius 2 is 1.90 bits per heavy atom. The largest absolute Gasteiger partial charge is 0.488 e. The van der Waals surface area contributed by atoms with E-state index in [1.165, 1.54) is 4.90 Å². The van der Waals surface area contributed by atoms with Crippen molar-refractivity contribution in [3.8, 4) is 16.9 Å². The minimum absolute atomic E-state index is 0.0130. The highest BCUT2D eigenvalue weighted by Crippen LogP contribution is 2.49. The number of fused-ring (bicyclic) bond motifs is 4. The average molecular weight is 439 g/mol. The van der Waals surface area contributed by atoms with Crippen LogP contribution in [0.3, 0.4) is 0 Å². The second-order valence-corrected chi connectivity index (χ2v) is 9.53. The van der Waals surface area contributed by atoms with Gasteiger partial charge in [0.1, 0.15) is 18.1 Å². The van der Waals surface area contributed by atoms with E-state index in [0.717, 1.165) is 16.0 Å². The standard InChI is InChI=1S/C23H21NO6S/c1-11-14(21(23(27)28)24-20(11)18(12(2)25)22(24)26)10-30-15-7-5-9-17-19(15)13-6-3-4-8-16(13)31(17)29/h3-9,11-12,18,20,25H,10H2,1-2H3,(H,27,28). The smallest absolute Gasteiger partial charge is 0.352 e. The van der Waals surface area contributed by atoms with E-state index in [1.807, 2.05) is 31.2 Å². The minimum Gasteiger partial charge on any atom is -0.488 e. The van der Waals surface area contributed by atoms with Crippen molar-refractivity contribution in [2.45, 2.75) is 35.8 Å². The lowest BCUT2D eigenvalue weighted by molar-refractivity contribution is -0.163. The number of amides is 1. The zero-order valence-corrected chi connectivity index (χ0v) is 17.8. The van der Waals surface area contributed by atoms with E-state index in [1.54, 1.807) is 25.1 Å². The van der Waals surface area contributed by atoms with E-state index >= 15 is 0 Å². The van der Waals surface area contributed by atoms with Crippen LogP contribution in [0.5, 0.6) is 5.75 Å². The molecule has 1 amide bonds. The van der Waals surface area contributed by atoms with Crippen molar-refractivity contribution in [2.75, 3.05) is 6.61 Å². The van der Waals surface area contributed by atoms with Gasteiger partial charge in [-0.05, 0) is 25.1 Å². The number of carboxylic acids is 1. The van der Waals surface area contributed by atoms with Crippen molar-refractivity contribution >= 4 is 22.7 Å². The highest BCUT2D eigenvalue weighted by Gasteiger charge is 2.59. The predicted octanol–water partition coefficient (Wildman–Crippen LogP) is 2.41. The average Bonchev–Trinajstić information content (AvgIpc) is 3.16. The van der Waals surface area contributed by atoms with Crippen LogP contribution in [-0.2, 0) is 20.4 Å². The van der Waals surface area contributed by atoms with E-state index in [2.05, 4.69) is 0 Å². The number of hydrogen-bond acceptors (Lipinski definition) is 5. The summed E-state index contributed by atoms with van der Waals surface area (Å²) in [5, 5.41) is 19.7. The first-order chi connectivity index (χ1) is 14.8. The van der Waals surface area contributed by atoms with Gasteiger partial charge in [0.15, 0.2) is 0 Å². The molecule has 160 valence electrons. The molecule has 0 aliphatic carbocycles. The monoisotopic (exact) mass is 439 g/mol. The van der Waals surface area contributed by atoms with Crippen molar-refractivity contribution in [3.63, 3.8) is 0 Å². The zero-order valence-electron chi connectivity index (χ0n) is 16.9. The molecule has 3 heterocycles. The molecule has 1 fully saturated rings. The van der Waals surface area contributed by atoms with Crippen molar-refractivity contribution in [2.24, 2.45) is 11.8 Å². The van der Waals surface area contributed by atoms with Gasteiger partial charge in [0, 0.05) is 22.6 Å². The summed E-state index contributed by atoms with van der Waals surface area (Å²) in [7, 11) is -1.29. The van der Waals surface area contributed by atoms with Crippen LogP contribution < -0.4 is 4.74 Å². The number of hydrogen-bond donors (Lipinski definition) is 2. The number of carboxylic acid groups (broad SMARTS) is 1. The number of carbonyl (C=O) groups is 2. The van der Waals surface area contributed by atoms with Crippen LogP contribution in [0.15, 0.2) is 63.5 Å². The van der Waals surface area contributed by atoms with Gasteiger partial charge in [-0.2, -0.15) is 0 Å². The topological polar surface area (TPSA) is 104 Å². The summed E-state index contributed by atoms with van der Waals surface area (Å²) in [6.07, 6.45) is -0.851. The predicted molar refractivity (Wildman–Crippen MR) is 112 cm³/mol. The summed E-state index contributed by atoms with van der Waals surface area (Å²) < 4.78 is 18.9. The molecule has 3 aliphatic heterocycles. The van der Waals surface area contributed by atoms with Crippen LogP contribution in [0, 0.1) is 11.8 Å². The number of benzene rings is 2. The van der Waals surface area contributed by atoms with Crippen molar-refractivity contribution < 1.29 is 28.7 Å². The maximum Gasteiger partial charge on any atom is 0.352 e. The second-order valence-electron chi connectivity index (χ2n) is 8.12. The number of carbonyl (C=O) groups excluding carboxylic acids is 1. The lowest BCUT2D eigenvalue weighted by atomic mass is 9.78. The number of aliphatic hydroxyl groups is 1. The number of ether oxygens (including phenoxy) is 1. The van der Waals surface area contributed by atoms with Gasteiger partial charge in [0.25, 0.3) is 0 Å². The van der Waals surface area contributed by atoms with E-state index in [9.17, 15) is 24.0 Å². The molecular formula is C23H21NO6S. The van der Waals surface area contributed by atoms with Gasteiger partial charge in [0.2, 0.25) is 5.91 Å². The lowest BCUT2D eigenvalue weighted by Gasteiger charge is -2.46. The molecule has 2 aromatic rings. The summed E-state index contributed by atoms with van der Waals surface area (Å²) >= 11 is 0. The zero-order chi connectivity index (χ0) is 22.0. The van der Waals surface area contributed by atoms with Crippen LogP contribution in [0.4, 0.5) is 0 Å². The van der Waals surface area contributed by atoms with Crippen molar-refractivity contribution in [3.05, 3.63) is 53.7 Å². The molecular weight excluding hydrogens is 418 g/mol. The fourth-order valence-corrected chi connectivity index (χ4v) is 6.40. The minimum atomic E-state index is -1.29. The van der Waals surface area contributed by atoms with Crippen LogP contribution >= 0.6 is 0 Å². The number of β-lactam (4-membered cyclic amide) rings is 1. The van der Waals surface area contributed by atoms with Crippen LogP contribution in [0.2, 0.25) is 0 Å². The van der Waals surface area contributed by atoms with Gasteiger partial charge >= 0.3 is 5.97 Å². The van der Waals surface area contributed by atoms with Gasteiger partial charge in [-0.15, -0.1) is 0 Å². The van der Waals surface area contributed by atoms with E-state index in [4.69, 9.17) is 4.74 Å². The Labute approximate surface area is 181 Å². The number of rotatable bonds is 5. The first kappa shape index (κ1) is 20.0. The number of aliphatic hydroxyl groups excluding tert-OH is 1. The molecule has 3 aliphatic rings. The van der Waals surface area contributed by atoms with Gasteiger partial charge in [-0.25, -0.2) is 9.00 Å². The molecule has 1 saturated heterocycles. The third kappa shape index (κ3) is 2.71. The Bertz CT molecular complexity index is 1190. The van der Waals surface area contributed by atoms with Crippen LogP contribution in [0.25, 0.3) is 11.1 Å². The van der Waals surface area contributed by atoms with Crippen LogP contribution in [-0.4, -0.2) is 50.0 Å². The maximum atomic E-state index is 12.8. The molecule has 5 rings (SSSR count). The Kier molecular flexibility index (Phi) is 4.53. The second kappa shape index (κ2) is 7.03. The molecule has 8 heteroatoms. The molecule has 5 atom stereocenters. The Balaban J connectivity index is 1.49. The third-order valence-corrected chi connectivity index (χ3v) is 7.94. The van der Waals surface area contributed by atoms with Gasteiger partial charge in [0.05, 0.1) is 38.7 Å². The summed E-state index contributed by atoms with van der Waals surface area (Å²) in [5.41, 5.74) is 2.04. The summed E-state index contributed by atoms with van der Waals surface area (Å²) in [6.45, 7) is 3.39. The highest BCUT2D eigenvalue weighted by molar-refractivity contribution is 7.85. The molecule has 0 bridgehead atoms. The first-order valence-corrected chi connectivity index (χ1v) is 11.2. The first-order valence-electron chi connectivity index (χ1n) is 10.1. The van der Waals surface area contributed by atoms with Crippen molar-refractivity contribution in [1.29, 1.82) is 0 Å². The quantitative estimate of drug-likeness (QED) is 0.592. The molecule has 31 heavy (non-hydrogen) atoms. The number of aliphatic carboxylic acids is 1. The summed E-state index contributed by atoms with van der Waals surface area (Å²) in [5.74, 6) is -1.91. The van der Waals surface area contributed by atoms with E-state index < -0.39 is 28.8 Å². The SMILES string of the molecule is CC(O)C1C(=O)N2C(C(=O)O)=C(COc3cccc4c3-c3ccccc3S4=O)C(C)C12. The summed E-state index contributed by atoms with van der Waals surface area (Å²) in [6, 6.07) is 12.4. The molecule has 0 radical (unpaired) electrons. The Morgan fingerprint density at radius 1 is 1.19 bits per heavy atom. The lowest BCUT2D eigenvalue weighted by Crippen LogP contribution is -2.63. The van der Waals surface area contributed by atoms with Crippen LogP contribution in [0.1, 0.15) is 13.8 Å². The normalized spacial score (nSPS) is 26.8.